The van der Waals surface area contributed by atoms with Crippen molar-refractivity contribution in [3.05, 3.63) is 69.8 Å². The highest BCUT2D eigenvalue weighted by molar-refractivity contribution is 6.53. The van der Waals surface area contributed by atoms with Gasteiger partial charge in [-0.2, -0.15) is 5.26 Å². The minimum atomic E-state index is -0.685. The van der Waals surface area contributed by atoms with Crippen LogP contribution in [-0.2, 0) is 0 Å². The molecule has 0 aliphatic heterocycles. The van der Waals surface area contributed by atoms with Crippen molar-refractivity contribution < 1.29 is 9.31 Å². The summed E-state index contributed by atoms with van der Waals surface area (Å²) >= 11 is 6.09. The number of hydrogen-bond acceptors (Lipinski definition) is 4. The summed E-state index contributed by atoms with van der Waals surface area (Å²) in [6, 6.07) is 7.93. The van der Waals surface area contributed by atoms with Crippen molar-refractivity contribution in [3.63, 3.8) is 0 Å². The molecule has 0 radical (unpaired) electrons. The molecular formula is C14H7ClFN3O2. The first-order chi connectivity index (χ1) is 10.0. The average Bonchev–Trinajstić information content (AvgIpc) is 2.48. The Balaban J connectivity index is 2.70. The highest BCUT2D eigenvalue weighted by atomic mass is 35.5. The van der Waals surface area contributed by atoms with Gasteiger partial charge in [0.1, 0.15) is 11.9 Å². The van der Waals surface area contributed by atoms with Crippen molar-refractivity contribution in [1.29, 1.82) is 5.26 Å². The Hall–Kier alpha value is -2.78. The number of rotatable bonds is 3. The van der Waals surface area contributed by atoms with Gasteiger partial charge in [-0.25, -0.2) is 4.39 Å². The molecule has 2 aromatic rings. The quantitative estimate of drug-likeness (QED) is 0.491. The van der Waals surface area contributed by atoms with Gasteiger partial charge >= 0.3 is 0 Å². The number of benzene rings is 1. The molecule has 2 rings (SSSR count). The van der Waals surface area contributed by atoms with Crippen molar-refractivity contribution in [2.45, 2.75) is 0 Å². The van der Waals surface area contributed by atoms with Gasteiger partial charge in [-0.3, -0.25) is 15.1 Å². The second-order valence-electron chi connectivity index (χ2n) is 3.96. The fourth-order valence-corrected chi connectivity index (χ4v) is 2.03. The number of hydrogen-bond donors (Lipinski definition) is 0. The summed E-state index contributed by atoms with van der Waals surface area (Å²) in [5, 5.41) is 20.0. The van der Waals surface area contributed by atoms with Crippen LogP contribution in [0.1, 0.15) is 11.1 Å². The molecule has 0 spiro atoms. The second-order valence-corrected chi connectivity index (χ2v) is 4.34. The lowest BCUT2D eigenvalue weighted by Gasteiger charge is -2.05. The Labute approximate surface area is 124 Å². The summed E-state index contributed by atoms with van der Waals surface area (Å²) in [6.07, 6.45) is 2.91. The van der Waals surface area contributed by atoms with Crippen LogP contribution in [0.25, 0.3) is 10.6 Å². The number of nitro benzene ring substituents is 1. The maximum absolute atomic E-state index is 13.3. The standard InChI is InChI=1S/C14H7ClFN3O2/c15-14(12(7-17)9-2-1-5-18-8-9)11-6-10(16)3-4-13(11)19(20)21/h1-6,8H/b14-12+. The number of aromatic nitrogens is 1. The molecule has 7 heteroatoms. The van der Waals surface area contributed by atoms with Gasteiger partial charge in [-0.1, -0.05) is 17.7 Å². The first-order valence-electron chi connectivity index (χ1n) is 5.69. The molecule has 0 aliphatic rings. The molecule has 1 heterocycles. The summed E-state index contributed by atoms with van der Waals surface area (Å²) in [6.45, 7) is 0. The Morgan fingerprint density at radius 2 is 2.19 bits per heavy atom. The van der Waals surface area contributed by atoms with Crippen LogP contribution in [0.3, 0.4) is 0 Å². The summed E-state index contributed by atoms with van der Waals surface area (Å²) in [4.78, 5) is 14.2. The third-order valence-corrected chi connectivity index (χ3v) is 3.07. The topological polar surface area (TPSA) is 79.8 Å². The number of nitriles is 1. The van der Waals surface area contributed by atoms with E-state index >= 15 is 0 Å². The fraction of sp³-hybridized carbons (Fsp3) is 0. The van der Waals surface area contributed by atoms with E-state index < -0.39 is 10.7 Å². The van der Waals surface area contributed by atoms with Gasteiger partial charge in [0.15, 0.2) is 0 Å². The lowest BCUT2D eigenvalue weighted by Crippen LogP contribution is -1.96. The molecule has 104 valence electrons. The van der Waals surface area contributed by atoms with Gasteiger partial charge in [0, 0.05) is 24.0 Å². The molecule has 0 atom stereocenters. The Bertz CT molecular complexity index is 770. The highest BCUT2D eigenvalue weighted by Gasteiger charge is 2.20. The van der Waals surface area contributed by atoms with E-state index in [1.54, 1.807) is 12.1 Å². The molecule has 5 nitrogen and oxygen atoms in total. The largest absolute Gasteiger partial charge is 0.278 e. The van der Waals surface area contributed by atoms with E-state index in [0.717, 1.165) is 18.2 Å². The molecule has 0 amide bonds. The summed E-state index contributed by atoms with van der Waals surface area (Å²) in [7, 11) is 0. The zero-order valence-electron chi connectivity index (χ0n) is 10.5. The smallest absolute Gasteiger partial charge is 0.264 e. The van der Waals surface area contributed by atoms with Crippen molar-refractivity contribution >= 4 is 27.9 Å². The molecule has 1 aromatic heterocycles. The predicted octanol–water partition coefficient (Wildman–Crippen LogP) is 3.76. The van der Waals surface area contributed by atoms with Gasteiger partial charge in [-0.15, -0.1) is 0 Å². The lowest BCUT2D eigenvalue weighted by atomic mass is 10.0. The van der Waals surface area contributed by atoms with Crippen LogP contribution in [0.4, 0.5) is 10.1 Å². The number of halogens is 2. The van der Waals surface area contributed by atoms with E-state index in [0.29, 0.717) is 5.56 Å². The Morgan fingerprint density at radius 1 is 1.43 bits per heavy atom. The fourth-order valence-electron chi connectivity index (χ4n) is 1.73. The van der Waals surface area contributed by atoms with E-state index in [-0.39, 0.29) is 21.9 Å². The third-order valence-electron chi connectivity index (χ3n) is 2.67. The zero-order chi connectivity index (χ0) is 15.4. The third kappa shape index (κ3) is 3.04. The Morgan fingerprint density at radius 3 is 2.76 bits per heavy atom. The predicted molar refractivity (Wildman–Crippen MR) is 75.6 cm³/mol. The molecule has 0 aliphatic carbocycles. The molecule has 0 fully saturated rings. The van der Waals surface area contributed by atoms with Crippen LogP contribution < -0.4 is 0 Å². The zero-order valence-corrected chi connectivity index (χ0v) is 11.2. The van der Waals surface area contributed by atoms with Crippen LogP contribution in [0.2, 0.25) is 0 Å². The van der Waals surface area contributed by atoms with Crippen molar-refractivity contribution in [2.24, 2.45) is 0 Å². The first kappa shape index (κ1) is 14.6. The molecule has 0 N–H and O–H groups in total. The molecular weight excluding hydrogens is 297 g/mol. The number of allylic oxidation sites excluding steroid dienone is 1. The van der Waals surface area contributed by atoms with E-state index in [9.17, 15) is 19.8 Å². The van der Waals surface area contributed by atoms with Crippen LogP contribution in [0.15, 0.2) is 42.7 Å². The molecule has 21 heavy (non-hydrogen) atoms. The maximum atomic E-state index is 13.3. The molecule has 0 saturated carbocycles. The lowest BCUT2D eigenvalue weighted by molar-refractivity contribution is -0.385. The average molecular weight is 304 g/mol. The number of nitro groups is 1. The van der Waals surface area contributed by atoms with Gasteiger partial charge < -0.3 is 0 Å². The molecule has 1 aromatic carbocycles. The Kier molecular flexibility index (Phi) is 4.26. The minimum Gasteiger partial charge on any atom is -0.264 e. The van der Waals surface area contributed by atoms with Gasteiger partial charge in [0.2, 0.25) is 0 Å². The SMILES string of the molecule is N#C/C(=C(\Cl)c1cc(F)ccc1[N+](=O)[O-])c1cccnc1. The molecule has 0 saturated heterocycles. The van der Waals surface area contributed by atoms with Gasteiger partial charge in [-0.05, 0) is 18.2 Å². The van der Waals surface area contributed by atoms with Crippen LogP contribution in [0.5, 0.6) is 0 Å². The van der Waals surface area contributed by atoms with Crippen LogP contribution in [-0.4, -0.2) is 9.91 Å². The van der Waals surface area contributed by atoms with E-state index in [4.69, 9.17) is 11.6 Å². The van der Waals surface area contributed by atoms with E-state index in [1.165, 1.54) is 12.4 Å². The van der Waals surface area contributed by atoms with Crippen molar-refractivity contribution in [2.75, 3.05) is 0 Å². The van der Waals surface area contributed by atoms with Gasteiger partial charge in [0.05, 0.1) is 21.1 Å². The summed E-state index contributed by atoms with van der Waals surface area (Å²) in [5.41, 5.74) is -0.151. The van der Waals surface area contributed by atoms with Gasteiger partial charge in [0.25, 0.3) is 5.69 Å². The minimum absolute atomic E-state index is 0.0153. The highest BCUT2D eigenvalue weighted by Crippen LogP contribution is 2.34. The normalized spacial score (nSPS) is 11.5. The number of pyridine rings is 1. The second kappa shape index (κ2) is 6.11. The van der Waals surface area contributed by atoms with Crippen LogP contribution in [0, 0.1) is 27.3 Å². The number of nitrogens with zero attached hydrogens (tertiary/aromatic N) is 3. The van der Waals surface area contributed by atoms with E-state index in [2.05, 4.69) is 4.98 Å². The summed E-state index contributed by atoms with van der Waals surface area (Å²) in [5.74, 6) is -0.683. The van der Waals surface area contributed by atoms with Crippen LogP contribution >= 0.6 is 11.6 Å². The summed E-state index contributed by atoms with van der Waals surface area (Å²) < 4.78 is 13.3. The molecule has 0 bridgehead atoms. The van der Waals surface area contributed by atoms with E-state index in [1.807, 2.05) is 6.07 Å². The van der Waals surface area contributed by atoms with Crippen molar-refractivity contribution in [3.8, 4) is 6.07 Å². The van der Waals surface area contributed by atoms with Crippen molar-refractivity contribution in [1.82, 2.24) is 4.98 Å². The molecule has 0 unspecified atom stereocenters. The monoisotopic (exact) mass is 303 g/mol. The maximum Gasteiger partial charge on any atom is 0.278 e. The first-order valence-corrected chi connectivity index (χ1v) is 6.07.